The minimum atomic E-state index is -0.646. The number of halogens is 1. The SMILES string of the molecule is CCOC(=O)C1=C(COC(=O)c2cc(SC)ccc2Cl)NC(=O)N[C@@H]1CC. The number of ether oxygens (including phenoxy) is 2. The van der Waals surface area contributed by atoms with Crippen LogP contribution < -0.4 is 10.6 Å². The van der Waals surface area contributed by atoms with E-state index < -0.39 is 24.0 Å². The van der Waals surface area contributed by atoms with E-state index >= 15 is 0 Å². The van der Waals surface area contributed by atoms with Crippen molar-refractivity contribution in [2.24, 2.45) is 0 Å². The second-order valence-electron chi connectivity index (χ2n) is 5.59. The fraction of sp³-hybridized carbons (Fsp3) is 0.389. The molecule has 0 saturated carbocycles. The number of esters is 2. The maximum atomic E-state index is 12.4. The topological polar surface area (TPSA) is 93.7 Å². The van der Waals surface area contributed by atoms with Crippen LogP contribution in [0.5, 0.6) is 0 Å². The Morgan fingerprint density at radius 1 is 1.22 bits per heavy atom. The molecule has 0 radical (unpaired) electrons. The Balaban J connectivity index is 2.25. The molecule has 0 aromatic heterocycles. The lowest BCUT2D eigenvalue weighted by atomic mass is 10.0. The summed E-state index contributed by atoms with van der Waals surface area (Å²) in [5.74, 6) is -1.21. The molecule has 7 nitrogen and oxygen atoms in total. The Hall–Kier alpha value is -2.19. The van der Waals surface area contributed by atoms with Crippen LogP contribution in [-0.2, 0) is 14.3 Å². The highest BCUT2D eigenvalue weighted by Gasteiger charge is 2.32. The number of amides is 2. The van der Waals surface area contributed by atoms with Crippen molar-refractivity contribution < 1.29 is 23.9 Å². The number of thioether (sulfide) groups is 1. The average molecular weight is 413 g/mol. The first-order chi connectivity index (χ1) is 12.9. The Morgan fingerprint density at radius 3 is 2.59 bits per heavy atom. The summed E-state index contributed by atoms with van der Waals surface area (Å²) in [4.78, 5) is 37.4. The summed E-state index contributed by atoms with van der Waals surface area (Å²) in [6, 6.07) is 4.06. The molecule has 0 fully saturated rings. The van der Waals surface area contributed by atoms with Crippen LogP contribution in [0.3, 0.4) is 0 Å². The molecule has 2 N–H and O–H groups in total. The number of urea groups is 1. The Bertz CT molecular complexity index is 781. The Kier molecular flexibility index (Phi) is 7.55. The highest BCUT2D eigenvalue weighted by Crippen LogP contribution is 2.24. The van der Waals surface area contributed by atoms with E-state index in [-0.39, 0.29) is 35.1 Å². The molecule has 1 heterocycles. The summed E-state index contributed by atoms with van der Waals surface area (Å²) < 4.78 is 10.4. The molecule has 0 saturated heterocycles. The lowest BCUT2D eigenvalue weighted by Gasteiger charge is -2.28. The van der Waals surface area contributed by atoms with Gasteiger partial charge in [0.05, 0.1) is 34.5 Å². The highest BCUT2D eigenvalue weighted by molar-refractivity contribution is 7.98. The van der Waals surface area contributed by atoms with Crippen LogP contribution in [0.2, 0.25) is 5.02 Å². The molecule has 9 heteroatoms. The third kappa shape index (κ3) is 5.17. The molecule has 0 unspecified atom stereocenters. The van der Waals surface area contributed by atoms with E-state index in [9.17, 15) is 14.4 Å². The van der Waals surface area contributed by atoms with Crippen LogP contribution >= 0.6 is 23.4 Å². The standard InChI is InChI=1S/C18H21ClN2O5S/c1-4-13-15(17(23)25-5-2)14(21-18(24)20-13)9-26-16(22)11-8-10(27-3)6-7-12(11)19/h6-8,13H,4-5,9H2,1-3H3,(H2,20,21,24)/t13-/m1/s1. The average Bonchev–Trinajstić information content (AvgIpc) is 2.65. The summed E-state index contributed by atoms with van der Waals surface area (Å²) >= 11 is 7.55. The lowest BCUT2D eigenvalue weighted by Crippen LogP contribution is -2.51. The van der Waals surface area contributed by atoms with Gasteiger partial charge in [-0.25, -0.2) is 14.4 Å². The monoisotopic (exact) mass is 412 g/mol. The van der Waals surface area contributed by atoms with Crippen molar-refractivity contribution in [1.29, 1.82) is 0 Å². The quantitative estimate of drug-likeness (QED) is 0.528. The maximum absolute atomic E-state index is 12.4. The normalized spacial score (nSPS) is 16.4. The second-order valence-corrected chi connectivity index (χ2v) is 6.88. The number of carbonyl (C=O) groups is 3. The van der Waals surface area contributed by atoms with Crippen LogP contribution in [0.15, 0.2) is 34.4 Å². The Morgan fingerprint density at radius 2 is 1.96 bits per heavy atom. The zero-order valence-electron chi connectivity index (χ0n) is 15.3. The zero-order chi connectivity index (χ0) is 20.0. The van der Waals surface area contributed by atoms with Gasteiger partial charge in [-0.3, -0.25) is 0 Å². The molecule has 1 atom stereocenters. The van der Waals surface area contributed by atoms with Crippen molar-refractivity contribution in [3.8, 4) is 0 Å². The summed E-state index contributed by atoms with van der Waals surface area (Å²) in [6.45, 7) is 3.43. The molecule has 1 aromatic carbocycles. The minimum absolute atomic E-state index is 0.191. The minimum Gasteiger partial charge on any atom is -0.463 e. The van der Waals surface area contributed by atoms with Crippen LogP contribution in [0.4, 0.5) is 4.79 Å². The van der Waals surface area contributed by atoms with Gasteiger partial charge in [-0.1, -0.05) is 18.5 Å². The van der Waals surface area contributed by atoms with E-state index in [0.29, 0.717) is 6.42 Å². The summed E-state index contributed by atoms with van der Waals surface area (Å²) in [5, 5.41) is 5.45. The van der Waals surface area contributed by atoms with Gasteiger partial charge in [-0.15, -0.1) is 11.8 Å². The van der Waals surface area contributed by atoms with E-state index in [4.69, 9.17) is 21.1 Å². The molecule has 0 aliphatic carbocycles. The van der Waals surface area contributed by atoms with E-state index in [0.717, 1.165) is 4.90 Å². The van der Waals surface area contributed by atoms with Gasteiger partial charge in [0.25, 0.3) is 0 Å². The fourth-order valence-corrected chi connectivity index (χ4v) is 3.21. The smallest absolute Gasteiger partial charge is 0.340 e. The molecule has 0 bridgehead atoms. The molecule has 2 amide bonds. The summed E-state index contributed by atoms with van der Waals surface area (Å²) in [5.41, 5.74) is 0.666. The Labute approximate surface area is 166 Å². The van der Waals surface area contributed by atoms with Crippen LogP contribution in [0.25, 0.3) is 0 Å². The number of benzene rings is 1. The van der Waals surface area contributed by atoms with Crippen molar-refractivity contribution in [1.82, 2.24) is 10.6 Å². The van der Waals surface area contributed by atoms with Crippen molar-refractivity contribution in [2.75, 3.05) is 19.5 Å². The molecular formula is C18H21ClN2O5S. The molecule has 1 aliphatic heterocycles. The maximum Gasteiger partial charge on any atom is 0.340 e. The molecule has 1 aliphatic rings. The lowest BCUT2D eigenvalue weighted by molar-refractivity contribution is -0.139. The second kappa shape index (κ2) is 9.66. The summed E-state index contributed by atoms with van der Waals surface area (Å²) in [7, 11) is 0. The van der Waals surface area contributed by atoms with Crippen LogP contribution in [-0.4, -0.2) is 43.5 Å². The first kappa shape index (κ1) is 21.1. The molecule has 0 spiro atoms. The first-order valence-electron chi connectivity index (χ1n) is 8.39. The molecule has 146 valence electrons. The highest BCUT2D eigenvalue weighted by atomic mass is 35.5. The van der Waals surface area contributed by atoms with E-state index in [1.807, 2.05) is 13.2 Å². The van der Waals surface area contributed by atoms with Crippen molar-refractivity contribution >= 4 is 41.3 Å². The molecular weight excluding hydrogens is 392 g/mol. The molecule has 27 heavy (non-hydrogen) atoms. The number of hydrogen-bond donors (Lipinski definition) is 2. The fourth-order valence-electron chi connectivity index (χ4n) is 2.58. The van der Waals surface area contributed by atoms with Gasteiger partial charge in [0, 0.05) is 4.90 Å². The number of rotatable bonds is 7. The van der Waals surface area contributed by atoms with Gasteiger partial charge in [0.1, 0.15) is 6.61 Å². The van der Waals surface area contributed by atoms with Gasteiger partial charge in [0.15, 0.2) is 0 Å². The van der Waals surface area contributed by atoms with Crippen molar-refractivity contribution in [2.45, 2.75) is 31.2 Å². The number of hydrogen-bond acceptors (Lipinski definition) is 6. The predicted octanol–water partition coefficient (Wildman–Crippen LogP) is 3.13. The van der Waals surface area contributed by atoms with Crippen molar-refractivity contribution in [3.05, 3.63) is 40.1 Å². The number of nitrogens with one attached hydrogen (secondary N) is 2. The predicted molar refractivity (Wildman–Crippen MR) is 103 cm³/mol. The van der Waals surface area contributed by atoms with E-state index in [2.05, 4.69) is 10.6 Å². The van der Waals surface area contributed by atoms with Gasteiger partial charge in [0.2, 0.25) is 0 Å². The zero-order valence-corrected chi connectivity index (χ0v) is 16.8. The van der Waals surface area contributed by atoms with Gasteiger partial charge in [-0.2, -0.15) is 0 Å². The third-order valence-corrected chi connectivity index (χ3v) is 4.94. The van der Waals surface area contributed by atoms with Gasteiger partial charge < -0.3 is 20.1 Å². The van der Waals surface area contributed by atoms with Gasteiger partial charge >= 0.3 is 18.0 Å². The first-order valence-corrected chi connectivity index (χ1v) is 9.99. The van der Waals surface area contributed by atoms with E-state index in [1.54, 1.807) is 25.1 Å². The number of carbonyl (C=O) groups excluding carboxylic acids is 3. The molecule has 2 rings (SSSR count). The summed E-state index contributed by atoms with van der Waals surface area (Å²) in [6.07, 6.45) is 2.37. The van der Waals surface area contributed by atoms with Crippen LogP contribution in [0.1, 0.15) is 30.6 Å². The molecule has 1 aromatic rings. The third-order valence-electron chi connectivity index (χ3n) is 3.89. The largest absolute Gasteiger partial charge is 0.463 e. The van der Waals surface area contributed by atoms with E-state index in [1.165, 1.54) is 11.8 Å². The van der Waals surface area contributed by atoms with Gasteiger partial charge in [-0.05, 0) is 37.8 Å². The van der Waals surface area contributed by atoms with Crippen molar-refractivity contribution in [3.63, 3.8) is 0 Å². The van der Waals surface area contributed by atoms with Crippen LogP contribution in [0, 0.1) is 0 Å².